The van der Waals surface area contributed by atoms with Crippen LogP contribution >= 0.6 is 0 Å². The van der Waals surface area contributed by atoms with Gasteiger partial charge in [0.05, 0.1) is 12.8 Å². The molecular formula is C12H17N3O. The molecule has 0 atom stereocenters. The third kappa shape index (κ3) is 3.15. The van der Waals surface area contributed by atoms with E-state index in [0.29, 0.717) is 6.01 Å². The normalized spacial score (nSPS) is 12.8. The van der Waals surface area contributed by atoms with E-state index in [9.17, 15) is 0 Å². The predicted octanol–water partition coefficient (Wildman–Crippen LogP) is 2.26. The van der Waals surface area contributed by atoms with Gasteiger partial charge in [-0.05, 0) is 19.4 Å². The maximum atomic E-state index is 4.91. The Hall–Kier alpha value is -1.71. The van der Waals surface area contributed by atoms with Gasteiger partial charge in [0.2, 0.25) is 0 Å². The van der Waals surface area contributed by atoms with Gasteiger partial charge in [-0.1, -0.05) is 12.5 Å². The standard InChI is InChI=1S/C12H17N3O/c1-5-9(2)6-11(13-3)10-7-14-12(16-4)15-8-10/h6-8H,5H2,1-4H3/b9-6-,13-11?. The van der Waals surface area contributed by atoms with E-state index in [1.54, 1.807) is 26.6 Å². The lowest BCUT2D eigenvalue weighted by Crippen LogP contribution is -2.01. The molecule has 0 radical (unpaired) electrons. The van der Waals surface area contributed by atoms with E-state index in [4.69, 9.17) is 4.74 Å². The van der Waals surface area contributed by atoms with Gasteiger partial charge in [0.1, 0.15) is 0 Å². The number of hydrogen-bond acceptors (Lipinski definition) is 4. The quantitative estimate of drug-likeness (QED) is 0.730. The summed E-state index contributed by atoms with van der Waals surface area (Å²) in [7, 11) is 3.31. The summed E-state index contributed by atoms with van der Waals surface area (Å²) in [6.07, 6.45) is 6.49. The van der Waals surface area contributed by atoms with Gasteiger partial charge in [0.25, 0.3) is 0 Å². The fourth-order valence-corrected chi connectivity index (χ4v) is 1.17. The van der Waals surface area contributed by atoms with Crippen molar-refractivity contribution < 1.29 is 4.74 Å². The zero-order chi connectivity index (χ0) is 12.0. The van der Waals surface area contributed by atoms with E-state index in [0.717, 1.165) is 17.7 Å². The molecule has 0 aliphatic carbocycles. The summed E-state index contributed by atoms with van der Waals surface area (Å²) in [5, 5.41) is 0. The fraction of sp³-hybridized carbons (Fsp3) is 0.417. The fourth-order valence-electron chi connectivity index (χ4n) is 1.17. The van der Waals surface area contributed by atoms with Crippen LogP contribution in [0.2, 0.25) is 0 Å². The number of ether oxygens (including phenoxy) is 1. The van der Waals surface area contributed by atoms with Crippen LogP contribution in [0.15, 0.2) is 29.0 Å². The van der Waals surface area contributed by atoms with Crippen LogP contribution in [0.25, 0.3) is 0 Å². The average molecular weight is 219 g/mol. The van der Waals surface area contributed by atoms with Crippen molar-refractivity contribution in [3.63, 3.8) is 0 Å². The molecule has 0 aliphatic heterocycles. The highest BCUT2D eigenvalue weighted by atomic mass is 16.5. The van der Waals surface area contributed by atoms with E-state index in [1.165, 1.54) is 5.57 Å². The van der Waals surface area contributed by atoms with Gasteiger partial charge in [0, 0.05) is 25.0 Å². The van der Waals surface area contributed by atoms with Gasteiger partial charge in [-0.15, -0.1) is 0 Å². The summed E-state index contributed by atoms with van der Waals surface area (Å²) < 4.78 is 4.91. The number of nitrogens with zero attached hydrogens (tertiary/aromatic N) is 3. The lowest BCUT2D eigenvalue weighted by molar-refractivity contribution is 0.379. The lowest BCUT2D eigenvalue weighted by atomic mass is 10.1. The Morgan fingerprint density at radius 1 is 1.44 bits per heavy atom. The number of rotatable bonds is 4. The van der Waals surface area contributed by atoms with Crippen molar-refractivity contribution >= 4 is 5.71 Å². The number of methoxy groups -OCH3 is 1. The van der Waals surface area contributed by atoms with Crippen molar-refractivity contribution in [3.8, 4) is 6.01 Å². The molecule has 16 heavy (non-hydrogen) atoms. The van der Waals surface area contributed by atoms with Gasteiger partial charge >= 0.3 is 6.01 Å². The molecule has 0 amide bonds. The van der Waals surface area contributed by atoms with Crippen molar-refractivity contribution in [2.24, 2.45) is 4.99 Å². The first kappa shape index (κ1) is 12.4. The Labute approximate surface area is 96.1 Å². The maximum Gasteiger partial charge on any atom is 0.316 e. The highest BCUT2D eigenvalue weighted by molar-refractivity contribution is 6.08. The van der Waals surface area contributed by atoms with Crippen LogP contribution in [0, 0.1) is 0 Å². The molecule has 1 aromatic heterocycles. The van der Waals surface area contributed by atoms with E-state index < -0.39 is 0 Å². The second kappa shape index (κ2) is 6.00. The van der Waals surface area contributed by atoms with Crippen molar-refractivity contribution in [2.45, 2.75) is 20.3 Å². The zero-order valence-electron chi connectivity index (χ0n) is 10.2. The smallest absolute Gasteiger partial charge is 0.316 e. The lowest BCUT2D eigenvalue weighted by Gasteiger charge is -2.03. The van der Waals surface area contributed by atoms with E-state index in [1.807, 2.05) is 6.08 Å². The zero-order valence-corrected chi connectivity index (χ0v) is 10.2. The van der Waals surface area contributed by atoms with Crippen LogP contribution in [0.1, 0.15) is 25.8 Å². The highest BCUT2D eigenvalue weighted by Gasteiger charge is 2.02. The summed E-state index contributed by atoms with van der Waals surface area (Å²) in [5.74, 6) is 0. The van der Waals surface area contributed by atoms with Gasteiger partial charge in [-0.3, -0.25) is 4.99 Å². The Balaban J connectivity index is 2.97. The number of aromatic nitrogens is 2. The van der Waals surface area contributed by atoms with E-state index in [2.05, 4.69) is 28.8 Å². The molecule has 0 N–H and O–H groups in total. The largest absolute Gasteiger partial charge is 0.467 e. The molecular weight excluding hydrogens is 202 g/mol. The van der Waals surface area contributed by atoms with E-state index in [-0.39, 0.29) is 0 Å². The Morgan fingerprint density at radius 2 is 2.06 bits per heavy atom. The summed E-state index contributed by atoms with van der Waals surface area (Å²) >= 11 is 0. The Kier molecular flexibility index (Phi) is 4.64. The van der Waals surface area contributed by atoms with Crippen LogP contribution in [0.4, 0.5) is 0 Å². The SMILES string of the molecule is CC/C(C)=C\C(=NC)c1cnc(OC)nc1. The van der Waals surface area contributed by atoms with Crippen molar-refractivity contribution in [1.29, 1.82) is 0 Å². The summed E-state index contributed by atoms with van der Waals surface area (Å²) in [6, 6.07) is 0.371. The molecule has 4 nitrogen and oxygen atoms in total. The minimum Gasteiger partial charge on any atom is -0.467 e. The molecule has 0 aromatic carbocycles. The molecule has 1 rings (SSSR count). The first-order valence-corrected chi connectivity index (χ1v) is 5.21. The molecule has 0 spiro atoms. The minimum atomic E-state index is 0.371. The Morgan fingerprint density at radius 3 is 2.50 bits per heavy atom. The van der Waals surface area contributed by atoms with Crippen molar-refractivity contribution in [1.82, 2.24) is 9.97 Å². The molecule has 0 saturated carbocycles. The maximum absolute atomic E-state index is 4.91. The summed E-state index contributed by atoms with van der Waals surface area (Å²) in [6.45, 7) is 4.19. The van der Waals surface area contributed by atoms with Gasteiger partial charge in [-0.25, -0.2) is 9.97 Å². The number of hydrogen-bond donors (Lipinski definition) is 0. The van der Waals surface area contributed by atoms with Gasteiger partial charge < -0.3 is 4.74 Å². The molecule has 1 aromatic rings. The monoisotopic (exact) mass is 219 g/mol. The van der Waals surface area contributed by atoms with Gasteiger partial charge in [-0.2, -0.15) is 0 Å². The van der Waals surface area contributed by atoms with Crippen LogP contribution in [-0.2, 0) is 0 Å². The first-order valence-electron chi connectivity index (χ1n) is 5.21. The summed E-state index contributed by atoms with van der Waals surface area (Å²) in [4.78, 5) is 12.3. The molecule has 86 valence electrons. The molecule has 0 aliphatic rings. The van der Waals surface area contributed by atoms with E-state index >= 15 is 0 Å². The molecule has 0 unspecified atom stereocenters. The first-order chi connectivity index (χ1) is 7.71. The van der Waals surface area contributed by atoms with Crippen molar-refractivity contribution in [2.75, 3.05) is 14.2 Å². The molecule has 0 saturated heterocycles. The molecule has 0 fully saturated rings. The predicted molar refractivity (Wildman–Crippen MR) is 65.1 cm³/mol. The summed E-state index contributed by atoms with van der Waals surface area (Å²) in [5.41, 5.74) is 3.06. The van der Waals surface area contributed by atoms with Gasteiger partial charge in [0.15, 0.2) is 0 Å². The van der Waals surface area contributed by atoms with Crippen molar-refractivity contribution in [3.05, 3.63) is 29.6 Å². The molecule has 0 bridgehead atoms. The highest BCUT2D eigenvalue weighted by Crippen LogP contribution is 2.07. The second-order valence-electron chi connectivity index (χ2n) is 3.41. The third-order valence-corrected chi connectivity index (χ3v) is 2.29. The second-order valence-corrected chi connectivity index (χ2v) is 3.41. The Bertz CT molecular complexity index is 393. The topological polar surface area (TPSA) is 47.4 Å². The van der Waals surface area contributed by atoms with Crippen LogP contribution < -0.4 is 4.74 Å². The number of aliphatic imine (C=N–C) groups is 1. The van der Waals surface area contributed by atoms with Crippen LogP contribution in [0.3, 0.4) is 0 Å². The average Bonchev–Trinajstić information content (AvgIpc) is 2.35. The molecule has 1 heterocycles. The third-order valence-electron chi connectivity index (χ3n) is 2.29. The van der Waals surface area contributed by atoms with Crippen LogP contribution in [0.5, 0.6) is 6.01 Å². The molecule has 4 heteroatoms. The van der Waals surface area contributed by atoms with Crippen LogP contribution in [-0.4, -0.2) is 29.8 Å². The number of allylic oxidation sites excluding steroid dienone is 2. The minimum absolute atomic E-state index is 0.371.